The Hall–Kier alpha value is 0.246. The molecule has 0 saturated heterocycles. The van der Waals surface area contributed by atoms with E-state index in [9.17, 15) is 0 Å². The predicted molar refractivity (Wildman–Crippen MR) is 73.6 cm³/mol. The van der Waals surface area contributed by atoms with E-state index < -0.39 is 0 Å². The Morgan fingerprint density at radius 2 is 1.11 bits per heavy atom. The SMILES string of the molecule is Brc1ccc(NNc2ccccc2)cc1.[Br-].[Br-].[Mg+2]. The smallest absolute Gasteiger partial charge is 1.00 e. The van der Waals surface area contributed by atoms with E-state index in [0.29, 0.717) is 0 Å². The van der Waals surface area contributed by atoms with Gasteiger partial charge in [-0.05, 0) is 36.4 Å². The average Bonchev–Trinajstić information content (AvgIpc) is 2.30. The monoisotopic (exact) mass is 444 g/mol. The quantitative estimate of drug-likeness (QED) is 0.403. The number of hydrazine groups is 1. The maximum atomic E-state index is 3.39. The second kappa shape index (κ2) is 11.1. The van der Waals surface area contributed by atoms with E-state index in [0.717, 1.165) is 15.8 Å². The zero-order valence-corrected chi connectivity index (χ0v) is 15.7. The molecule has 18 heavy (non-hydrogen) atoms. The van der Waals surface area contributed by atoms with Crippen LogP contribution in [-0.4, -0.2) is 23.1 Å². The molecule has 6 heteroatoms. The first-order valence-corrected chi connectivity index (χ1v) is 5.46. The number of nitrogens with one attached hydrogen (secondary N) is 2. The van der Waals surface area contributed by atoms with Crippen LogP contribution in [0.5, 0.6) is 0 Å². The number of anilines is 2. The van der Waals surface area contributed by atoms with Gasteiger partial charge in [-0.2, -0.15) is 0 Å². The van der Waals surface area contributed by atoms with Crippen LogP contribution < -0.4 is 44.8 Å². The number of halogens is 3. The minimum atomic E-state index is 0. The van der Waals surface area contributed by atoms with Crippen molar-refractivity contribution in [1.82, 2.24) is 0 Å². The maximum Gasteiger partial charge on any atom is 2.00 e. The normalized spacial score (nSPS) is 8.06. The van der Waals surface area contributed by atoms with Crippen LogP contribution in [0, 0.1) is 0 Å². The second-order valence-electron chi connectivity index (χ2n) is 3.12. The van der Waals surface area contributed by atoms with Crippen molar-refractivity contribution in [2.24, 2.45) is 0 Å². The average molecular weight is 447 g/mol. The molecule has 0 amide bonds. The number of hydrogen-bond acceptors (Lipinski definition) is 2. The van der Waals surface area contributed by atoms with Gasteiger partial charge in [0.05, 0.1) is 11.4 Å². The van der Waals surface area contributed by atoms with Gasteiger partial charge in [0.25, 0.3) is 0 Å². The number of hydrogen-bond donors (Lipinski definition) is 2. The summed E-state index contributed by atoms with van der Waals surface area (Å²) in [5, 5.41) is 0. The first-order chi connectivity index (χ1) is 7.34. The molecule has 2 nitrogen and oxygen atoms in total. The Labute approximate surface area is 153 Å². The third kappa shape index (κ3) is 6.99. The van der Waals surface area contributed by atoms with Gasteiger partial charge in [-0.15, -0.1) is 0 Å². The van der Waals surface area contributed by atoms with Gasteiger partial charge in [0.1, 0.15) is 0 Å². The van der Waals surface area contributed by atoms with Crippen molar-refractivity contribution in [2.75, 3.05) is 10.9 Å². The Bertz CT molecular complexity index is 423. The summed E-state index contributed by atoms with van der Waals surface area (Å²) in [6.45, 7) is 0. The van der Waals surface area contributed by atoms with Crippen LogP contribution in [0.25, 0.3) is 0 Å². The molecule has 0 unspecified atom stereocenters. The molecule has 2 N–H and O–H groups in total. The van der Waals surface area contributed by atoms with Crippen LogP contribution >= 0.6 is 15.9 Å². The van der Waals surface area contributed by atoms with E-state index in [2.05, 4.69) is 26.8 Å². The van der Waals surface area contributed by atoms with Gasteiger partial charge in [-0.3, -0.25) is 0 Å². The molecular formula is C12H11Br3MgN2. The van der Waals surface area contributed by atoms with Crippen LogP contribution in [0.2, 0.25) is 0 Å². The number of benzene rings is 2. The van der Waals surface area contributed by atoms with Gasteiger partial charge in [0.2, 0.25) is 0 Å². The van der Waals surface area contributed by atoms with Crippen molar-refractivity contribution in [3.63, 3.8) is 0 Å². The van der Waals surface area contributed by atoms with Gasteiger partial charge in [-0.25, -0.2) is 0 Å². The Kier molecular flexibility index (Phi) is 12.7. The van der Waals surface area contributed by atoms with Crippen molar-refractivity contribution in [3.05, 3.63) is 59.1 Å². The van der Waals surface area contributed by atoms with Crippen LogP contribution in [-0.2, 0) is 0 Å². The topological polar surface area (TPSA) is 24.1 Å². The van der Waals surface area contributed by atoms with Gasteiger partial charge < -0.3 is 44.8 Å². The molecule has 2 aromatic carbocycles. The summed E-state index contributed by atoms with van der Waals surface area (Å²) >= 11 is 3.39. The third-order valence-electron chi connectivity index (χ3n) is 1.97. The van der Waals surface area contributed by atoms with Crippen molar-refractivity contribution >= 4 is 50.4 Å². The van der Waals surface area contributed by atoms with Crippen molar-refractivity contribution in [2.45, 2.75) is 0 Å². The number of rotatable bonds is 3. The van der Waals surface area contributed by atoms with E-state index in [1.165, 1.54) is 0 Å². The molecule has 0 heterocycles. The molecule has 0 aliphatic rings. The summed E-state index contributed by atoms with van der Waals surface area (Å²) in [7, 11) is 0. The molecule has 0 bridgehead atoms. The Morgan fingerprint density at radius 1 is 0.667 bits per heavy atom. The third-order valence-corrected chi connectivity index (χ3v) is 2.50. The molecule has 0 atom stereocenters. The minimum absolute atomic E-state index is 0. The molecule has 0 fully saturated rings. The van der Waals surface area contributed by atoms with E-state index >= 15 is 0 Å². The predicted octanol–water partition coefficient (Wildman–Crippen LogP) is -2.48. The van der Waals surface area contributed by atoms with Crippen molar-refractivity contribution in [1.29, 1.82) is 0 Å². The molecule has 0 aromatic heterocycles. The summed E-state index contributed by atoms with van der Waals surface area (Å²) in [5.41, 5.74) is 8.30. The summed E-state index contributed by atoms with van der Waals surface area (Å²) in [4.78, 5) is 0. The molecular weight excluding hydrogens is 436 g/mol. The van der Waals surface area contributed by atoms with Gasteiger partial charge in [0, 0.05) is 4.47 Å². The molecule has 0 saturated carbocycles. The fourth-order valence-corrected chi connectivity index (χ4v) is 1.46. The summed E-state index contributed by atoms with van der Waals surface area (Å²) in [5.74, 6) is 0. The van der Waals surface area contributed by atoms with E-state index in [4.69, 9.17) is 0 Å². The molecule has 0 radical (unpaired) electrons. The van der Waals surface area contributed by atoms with E-state index in [-0.39, 0.29) is 57.0 Å². The maximum absolute atomic E-state index is 3.39. The van der Waals surface area contributed by atoms with Gasteiger partial charge >= 0.3 is 23.1 Å². The van der Waals surface area contributed by atoms with Crippen molar-refractivity contribution < 1.29 is 34.0 Å². The standard InChI is InChI=1S/C12H11BrN2.2BrH.Mg/c13-10-6-8-12(9-7-10)15-14-11-4-2-1-3-5-11;;;/h1-9,14-15H;2*1H;/q;;;+2/p-2. The van der Waals surface area contributed by atoms with Crippen LogP contribution in [0.3, 0.4) is 0 Å². The summed E-state index contributed by atoms with van der Waals surface area (Å²) < 4.78 is 1.08. The van der Waals surface area contributed by atoms with Gasteiger partial charge in [0.15, 0.2) is 0 Å². The zero-order valence-electron chi connectivity index (χ0n) is 9.54. The largest absolute Gasteiger partial charge is 2.00 e. The first kappa shape index (κ1) is 20.6. The molecule has 92 valence electrons. The van der Waals surface area contributed by atoms with Gasteiger partial charge in [-0.1, -0.05) is 34.1 Å². The Morgan fingerprint density at radius 3 is 1.61 bits per heavy atom. The zero-order chi connectivity index (χ0) is 10.5. The van der Waals surface area contributed by atoms with Crippen LogP contribution in [0.1, 0.15) is 0 Å². The Balaban J connectivity index is 0. The van der Waals surface area contributed by atoms with Crippen LogP contribution in [0.15, 0.2) is 59.1 Å². The minimum Gasteiger partial charge on any atom is -1.00 e. The first-order valence-electron chi connectivity index (χ1n) is 4.67. The summed E-state index contributed by atoms with van der Waals surface area (Å²) in [6.07, 6.45) is 0. The van der Waals surface area contributed by atoms with Crippen LogP contribution in [0.4, 0.5) is 11.4 Å². The second-order valence-corrected chi connectivity index (χ2v) is 4.04. The molecule has 0 spiro atoms. The fraction of sp³-hybridized carbons (Fsp3) is 0. The van der Waals surface area contributed by atoms with E-state index in [1.807, 2.05) is 54.6 Å². The summed E-state index contributed by atoms with van der Waals surface area (Å²) in [6, 6.07) is 18.0. The van der Waals surface area contributed by atoms with Crippen molar-refractivity contribution in [3.8, 4) is 0 Å². The molecule has 2 rings (SSSR count). The molecule has 2 aromatic rings. The molecule has 0 aliphatic heterocycles. The van der Waals surface area contributed by atoms with E-state index in [1.54, 1.807) is 0 Å². The fourth-order valence-electron chi connectivity index (χ4n) is 1.20. The molecule has 0 aliphatic carbocycles. The number of para-hydroxylation sites is 1.